The molecule has 3 N–H and O–H groups in total. The molecular weight excluding hydrogens is 341 g/mol. The number of ether oxygens (including phenoxy) is 1. The molecule has 0 bridgehead atoms. The van der Waals surface area contributed by atoms with E-state index >= 15 is 0 Å². The van der Waals surface area contributed by atoms with Gasteiger partial charge < -0.3 is 20.3 Å². The summed E-state index contributed by atoms with van der Waals surface area (Å²) in [6.07, 6.45) is -4.56. The molecule has 7 nitrogen and oxygen atoms in total. The molecule has 1 aliphatic rings. The molecule has 0 amide bonds. The van der Waals surface area contributed by atoms with E-state index in [0.717, 1.165) is 6.20 Å². The van der Waals surface area contributed by atoms with Gasteiger partial charge in [0.25, 0.3) is 0 Å². The van der Waals surface area contributed by atoms with Crippen LogP contribution in [0.5, 0.6) is 0 Å². The minimum absolute atomic E-state index is 0.0819. The summed E-state index contributed by atoms with van der Waals surface area (Å²) in [6, 6.07) is 0.201. The fourth-order valence-electron chi connectivity index (χ4n) is 2.29. The Balaban J connectivity index is 2.00. The maximum absolute atomic E-state index is 12.6. The molecule has 0 spiro atoms. The van der Waals surface area contributed by atoms with Crippen molar-refractivity contribution in [2.24, 2.45) is 10.9 Å². The molecule has 10 heteroatoms. The lowest BCUT2D eigenvalue weighted by Crippen LogP contribution is -2.54. The molecule has 1 aromatic heterocycles. The Morgan fingerprint density at radius 2 is 2.08 bits per heavy atom. The fraction of sp³-hybridized carbons (Fsp3) is 0.667. The second-order valence-electron chi connectivity index (χ2n) is 6.12. The zero-order valence-electron chi connectivity index (χ0n) is 13.8. The van der Waals surface area contributed by atoms with Crippen LogP contribution >= 0.6 is 0 Å². The number of rotatable bonds is 5. The van der Waals surface area contributed by atoms with Gasteiger partial charge in [-0.05, 0) is 0 Å². The molecule has 4 atom stereocenters. The van der Waals surface area contributed by atoms with E-state index in [1.165, 1.54) is 6.21 Å². The summed E-state index contributed by atoms with van der Waals surface area (Å²) in [4.78, 5) is 10.6. The molecule has 1 saturated heterocycles. The van der Waals surface area contributed by atoms with Gasteiger partial charge in [0.2, 0.25) is 0 Å². The van der Waals surface area contributed by atoms with Crippen molar-refractivity contribution in [3.8, 4) is 0 Å². The van der Waals surface area contributed by atoms with Crippen LogP contribution in [0.2, 0.25) is 0 Å². The third kappa shape index (κ3) is 5.43. The lowest BCUT2D eigenvalue weighted by molar-refractivity contribution is -0.147. The van der Waals surface area contributed by atoms with Crippen molar-refractivity contribution in [2.45, 2.75) is 44.4 Å². The Morgan fingerprint density at radius 1 is 1.36 bits per heavy atom. The number of aliphatic hydroxyl groups excluding tert-OH is 2. The Labute approximate surface area is 143 Å². The van der Waals surface area contributed by atoms with E-state index in [2.05, 4.69) is 20.3 Å². The summed E-state index contributed by atoms with van der Waals surface area (Å²) in [5.41, 5.74) is -1.15. The van der Waals surface area contributed by atoms with E-state index in [9.17, 15) is 23.4 Å². The number of aromatic nitrogens is 2. The average Bonchev–Trinajstić information content (AvgIpc) is 2.54. The first-order valence-corrected chi connectivity index (χ1v) is 7.83. The lowest BCUT2D eigenvalue weighted by Gasteiger charge is -2.36. The average molecular weight is 362 g/mol. The Bertz CT molecular complexity index is 598. The van der Waals surface area contributed by atoms with Gasteiger partial charge in [0.15, 0.2) is 11.5 Å². The van der Waals surface area contributed by atoms with Crippen molar-refractivity contribution in [1.29, 1.82) is 0 Å². The largest absolute Gasteiger partial charge is 0.434 e. The number of hydrogen-bond donors (Lipinski definition) is 3. The Hall–Kier alpha value is -1.62. The van der Waals surface area contributed by atoms with Crippen LogP contribution in [0.25, 0.3) is 0 Å². The van der Waals surface area contributed by atoms with E-state index in [1.54, 1.807) is 0 Å². The van der Waals surface area contributed by atoms with Crippen LogP contribution in [0.1, 0.15) is 19.5 Å². The third-order valence-corrected chi connectivity index (χ3v) is 3.71. The zero-order valence-corrected chi connectivity index (χ0v) is 13.8. The van der Waals surface area contributed by atoms with Crippen LogP contribution in [-0.4, -0.2) is 63.9 Å². The summed E-state index contributed by atoms with van der Waals surface area (Å²) in [7, 11) is 0. The van der Waals surface area contributed by atoms with Gasteiger partial charge in [-0.1, -0.05) is 13.8 Å². The topological polar surface area (TPSA) is 99.9 Å². The summed E-state index contributed by atoms with van der Waals surface area (Å²) in [5, 5.41) is 23.4. The normalized spacial score (nSPS) is 28.0. The quantitative estimate of drug-likeness (QED) is 0.674. The first kappa shape index (κ1) is 19.7. The molecule has 2 heterocycles. The summed E-state index contributed by atoms with van der Waals surface area (Å²) >= 11 is 0. The molecule has 0 radical (unpaired) electrons. The first-order chi connectivity index (χ1) is 11.7. The van der Waals surface area contributed by atoms with Crippen LogP contribution in [0.4, 0.5) is 19.0 Å². The van der Waals surface area contributed by atoms with Crippen LogP contribution in [0.15, 0.2) is 17.4 Å². The number of aliphatic hydroxyl groups is 2. The van der Waals surface area contributed by atoms with Crippen molar-refractivity contribution in [2.75, 3.05) is 13.2 Å². The highest BCUT2D eigenvalue weighted by Crippen LogP contribution is 2.28. The maximum atomic E-state index is 12.6. The van der Waals surface area contributed by atoms with Gasteiger partial charge in [-0.3, -0.25) is 4.98 Å². The van der Waals surface area contributed by atoms with Gasteiger partial charge in [0, 0.05) is 24.7 Å². The first-order valence-electron chi connectivity index (χ1n) is 7.83. The SMILES string of the molecule is CC(C)NC[C@H]1OCC(/C=N/c2cncc(C(F)(F)F)n2)[C@@H](O)[C@H]1O. The number of nitrogens with one attached hydrogen (secondary N) is 1. The number of aliphatic imine (C=N–C) groups is 1. The highest BCUT2D eigenvalue weighted by molar-refractivity contribution is 5.65. The van der Waals surface area contributed by atoms with Crippen LogP contribution < -0.4 is 5.32 Å². The zero-order chi connectivity index (χ0) is 18.6. The Kier molecular flexibility index (Phi) is 6.44. The number of hydrogen-bond acceptors (Lipinski definition) is 7. The van der Waals surface area contributed by atoms with E-state index in [-0.39, 0.29) is 18.5 Å². The summed E-state index contributed by atoms with van der Waals surface area (Å²) in [6.45, 7) is 4.34. The minimum atomic E-state index is -4.61. The van der Waals surface area contributed by atoms with Crippen LogP contribution in [0.3, 0.4) is 0 Å². The summed E-state index contributed by atoms with van der Waals surface area (Å²) in [5.74, 6) is -0.901. The molecule has 0 aliphatic carbocycles. The van der Waals surface area contributed by atoms with Crippen molar-refractivity contribution in [3.05, 3.63) is 18.1 Å². The van der Waals surface area contributed by atoms with Gasteiger partial charge in [-0.25, -0.2) is 9.98 Å². The van der Waals surface area contributed by atoms with Gasteiger partial charge in [0.05, 0.1) is 31.2 Å². The highest BCUT2D eigenvalue weighted by Gasteiger charge is 2.37. The maximum Gasteiger partial charge on any atom is 0.434 e. The number of nitrogens with zero attached hydrogens (tertiary/aromatic N) is 3. The molecule has 140 valence electrons. The van der Waals surface area contributed by atoms with Crippen molar-refractivity contribution in [1.82, 2.24) is 15.3 Å². The monoisotopic (exact) mass is 362 g/mol. The van der Waals surface area contributed by atoms with Crippen LogP contribution in [0, 0.1) is 5.92 Å². The van der Waals surface area contributed by atoms with Gasteiger partial charge in [-0.2, -0.15) is 13.2 Å². The Morgan fingerprint density at radius 3 is 2.72 bits per heavy atom. The number of halogens is 3. The molecule has 1 aromatic rings. The summed E-state index contributed by atoms with van der Waals surface area (Å²) < 4.78 is 43.3. The molecule has 25 heavy (non-hydrogen) atoms. The lowest BCUT2D eigenvalue weighted by atomic mass is 9.93. The molecule has 1 aliphatic heterocycles. The third-order valence-electron chi connectivity index (χ3n) is 3.71. The standard InChI is InChI=1S/C15H21F3N4O3/c1-8(2)20-4-10-14(24)13(23)9(7-25-10)3-21-12-6-19-5-11(22-12)15(16,17)18/h3,5-6,8-10,13-14,20,23-24H,4,7H2,1-2H3/b21-3+/t9?,10-,13-,14+/m1/s1. The second-order valence-corrected chi connectivity index (χ2v) is 6.12. The van der Waals surface area contributed by atoms with Gasteiger partial charge in [-0.15, -0.1) is 0 Å². The minimum Gasteiger partial charge on any atom is -0.390 e. The molecule has 0 aromatic carbocycles. The fourth-order valence-corrected chi connectivity index (χ4v) is 2.29. The predicted molar refractivity (Wildman–Crippen MR) is 83.6 cm³/mol. The van der Waals surface area contributed by atoms with Gasteiger partial charge >= 0.3 is 6.18 Å². The van der Waals surface area contributed by atoms with Gasteiger partial charge in [0.1, 0.15) is 6.10 Å². The van der Waals surface area contributed by atoms with Crippen molar-refractivity contribution in [3.63, 3.8) is 0 Å². The van der Waals surface area contributed by atoms with E-state index in [4.69, 9.17) is 4.74 Å². The number of alkyl halides is 3. The molecular formula is C15H21F3N4O3. The molecule has 1 unspecified atom stereocenters. The van der Waals surface area contributed by atoms with E-state index in [1.807, 2.05) is 13.8 Å². The highest BCUT2D eigenvalue weighted by atomic mass is 19.4. The van der Waals surface area contributed by atoms with Crippen molar-refractivity contribution < 1.29 is 28.1 Å². The smallest absolute Gasteiger partial charge is 0.390 e. The molecule has 2 rings (SSSR count). The van der Waals surface area contributed by atoms with E-state index < -0.39 is 36.1 Å². The van der Waals surface area contributed by atoms with Crippen LogP contribution in [-0.2, 0) is 10.9 Å². The molecule has 0 saturated carbocycles. The second kappa shape index (κ2) is 8.17. The van der Waals surface area contributed by atoms with E-state index in [0.29, 0.717) is 12.7 Å². The molecule has 1 fully saturated rings. The van der Waals surface area contributed by atoms with Crippen molar-refractivity contribution >= 4 is 12.0 Å². The predicted octanol–water partition coefficient (Wildman–Crippen LogP) is 0.932.